The normalized spacial score (nSPS) is 25.7. The molecule has 0 bridgehead atoms. The van der Waals surface area contributed by atoms with Gasteiger partial charge >= 0.3 is 0 Å². The van der Waals surface area contributed by atoms with Crippen molar-refractivity contribution in [2.75, 3.05) is 12.5 Å². The Morgan fingerprint density at radius 1 is 1.33 bits per heavy atom. The van der Waals surface area contributed by atoms with Gasteiger partial charge in [0.15, 0.2) is 0 Å². The summed E-state index contributed by atoms with van der Waals surface area (Å²) in [5.41, 5.74) is 1.21. The van der Waals surface area contributed by atoms with Gasteiger partial charge in [0.05, 0.1) is 11.5 Å². The first-order valence-corrected chi connectivity index (χ1v) is 6.80. The average Bonchev–Trinajstić information content (AvgIpc) is 2.71. The summed E-state index contributed by atoms with van der Waals surface area (Å²) in [5.74, 6) is 0.596. The molecular formula is C12H14ClIO. The Morgan fingerprint density at radius 3 is 2.60 bits per heavy atom. The monoisotopic (exact) mass is 336 g/mol. The number of hydrogen-bond donors (Lipinski definition) is 0. The zero-order valence-corrected chi connectivity index (χ0v) is 11.4. The van der Waals surface area contributed by atoms with E-state index in [-0.39, 0.29) is 5.60 Å². The SMILES string of the molecule is ClCC1(Cc2ccc(I)cc2)CCCO1. The molecule has 1 aromatic carbocycles. The largest absolute Gasteiger partial charge is 0.373 e. The molecule has 1 aliphatic rings. The van der Waals surface area contributed by atoms with Crippen molar-refractivity contribution in [3.63, 3.8) is 0 Å². The van der Waals surface area contributed by atoms with Gasteiger partial charge in [0.1, 0.15) is 0 Å². The van der Waals surface area contributed by atoms with Crippen molar-refractivity contribution in [2.45, 2.75) is 24.9 Å². The fraction of sp³-hybridized carbons (Fsp3) is 0.500. The van der Waals surface area contributed by atoms with Crippen LogP contribution in [0.2, 0.25) is 0 Å². The third kappa shape index (κ3) is 2.86. The summed E-state index contributed by atoms with van der Waals surface area (Å²) in [7, 11) is 0. The molecular weight excluding hydrogens is 322 g/mol. The van der Waals surface area contributed by atoms with Crippen molar-refractivity contribution >= 4 is 34.2 Å². The first-order valence-electron chi connectivity index (χ1n) is 5.18. The molecule has 0 saturated carbocycles. The second-order valence-electron chi connectivity index (χ2n) is 4.07. The Hall–Kier alpha value is 0.200. The summed E-state index contributed by atoms with van der Waals surface area (Å²) < 4.78 is 7.06. The minimum atomic E-state index is -0.103. The van der Waals surface area contributed by atoms with Gasteiger partial charge in [-0.1, -0.05) is 12.1 Å². The van der Waals surface area contributed by atoms with E-state index in [9.17, 15) is 0 Å². The highest BCUT2D eigenvalue weighted by atomic mass is 127. The van der Waals surface area contributed by atoms with E-state index in [0.717, 1.165) is 25.9 Å². The molecule has 1 aromatic rings. The first-order chi connectivity index (χ1) is 7.24. The summed E-state index contributed by atoms with van der Waals surface area (Å²) in [5, 5.41) is 0. The number of halogens is 2. The molecule has 1 saturated heterocycles. The number of ether oxygens (including phenoxy) is 1. The predicted octanol–water partition coefficient (Wildman–Crippen LogP) is 3.62. The fourth-order valence-corrected chi connectivity index (χ4v) is 2.69. The van der Waals surface area contributed by atoms with Crippen LogP contribution in [0.25, 0.3) is 0 Å². The molecule has 0 amide bonds. The third-order valence-corrected chi connectivity index (χ3v) is 4.07. The Labute approximate surface area is 109 Å². The number of benzene rings is 1. The number of hydrogen-bond acceptors (Lipinski definition) is 1. The summed E-state index contributed by atoms with van der Waals surface area (Å²) in [4.78, 5) is 0. The lowest BCUT2D eigenvalue weighted by Crippen LogP contribution is -2.32. The van der Waals surface area contributed by atoms with Crippen LogP contribution >= 0.6 is 34.2 Å². The van der Waals surface area contributed by atoms with Crippen LogP contribution in [0.1, 0.15) is 18.4 Å². The van der Waals surface area contributed by atoms with Crippen molar-refractivity contribution in [1.29, 1.82) is 0 Å². The zero-order chi connectivity index (χ0) is 10.7. The van der Waals surface area contributed by atoms with E-state index in [4.69, 9.17) is 16.3 Å². The third-order valence-electron chi connectivity index (χ3n) is 2.87. The van der Waals surface area contributed by atoms with Crippen molar-refractivity contribution in [3.05, 3.63) is 33.4 Å². The molecule has 0 aromatic heterocycles. The van der Waals surface area contributed by atoms with Crippen LogP contribution in [-0.2, 0) is 11.2 Å². The van der Waals surface area contributed by atoms with Crippen molar-refractivity contribution in [2.24, 2.45) is 0 Å². The first kappa shape index (κ1) is 11.7. The van der Waals surface area contributed by atoms with Gasteiger partial charge in [-0.3, -0.25) is 0 Å². The predicted molar refractivity (Wildman–Crippen MR) is 71.5 cm³/mol. The minimum absolute atomic E-state index is 0.103. The lowest BCUT2D eigenvalue weighted by atomic mass is 9.93. The van der Waals surface area contributed by atoms with Crippen LogP contribution in [0.15, 0.2) is 24.3 Å². The molecule has 1 heterocycles. The quantitative estimate of drug-likeness (QED) is 0.605. The summed E-state index contributed by atoms with van der Waals surface area (Å²) in [6.45, 7) is 0.858. The van der Waals surface area contributed by atoms with Crippen LogP contribution in [0.3, 0.4) is 0 Å². The molecule has 1 unspecified atom stereocenters. The van der Waals surface area contributed by atoms with E-state index in [1.807, 2.05) is 0 Å². The molecule has 3 heteroatoms. The lowest BCUT2D eigenvalue weighted by Gasteiger charge is -2.25. The van der Waals surface area contributed by atoms with Gasteiger partial charge < -0.3 is 4.74 Å². The van der Waals surface area contributed by atoms with Crippen molar-refractivity contribution < 1.29 is 4.74 Å². The van der Waals surface area contributed by atoms with Gasteiger partial charge in [0.25, 0.3) is 0 Å². The van der Waals surface area contributed by atoms with Crippen LogP contribution in [0.5, 0.6) is 0 Å². The summed E-state index contributed by atoms with van der Waals surface area (Å²) in [6.07, 6.45) is 3.16. The van der Waals surface area contributed by atoms with Gasteiger partial charge in [0, 0.05) is 16.6 Å². The highest BCUT2D eigenvalue weighted by molar-refractivity contribution is 14.1. The zero-order valence-electron chi connectivity index (χ0n) is 8.51. The lowest BCUT2D eigenvalue weighted by molar-refractivity contribution is 0.0238. The number of alkyl halides is 1. The van der Waals surface area contributed by atoms with Gasteiger partial charge in [-0.15, -0.1) is 11.6 Å². The highest BCUT2D eigenvalue weighted by Crippen LogP contribution is 2.30. The Morgan fingerprint density at radius 2 is 2.07 bits per heavy atom. The van der Waals surface area contributed by atoms with E-state index in [1.165, 1.54) is 9.13 Å². The molecule has 1 atom stereocenters. The van der Waals surface area contributed by atoms with Crippen LogP contribution in [-0.4, -0.2) is 18.1 Å². The smallest absolute Gasteiger partial charge is 0.0858 e. The molecule has 15 heavy (non-hydrogen) atoms. The molecule has 0 N–H and O–H groups in total. The van der Waals surface area contributed by atoms with Crippen LogP contribution < -0.4 is 0 Å². The molecule has 0 radical (unpaired) electrons. The fourth-order valence-electron chi connectivity index (χ4n) is 2.02. The van der Waals surface area contributed by atoms with E-state index in [1.54, 1.807) is 0 Å². The Balaban J connectivity index is 2.09. The molecule has 0 aliphatic carbocycles. The molecule has 1 nitrogen and oxygen atoms in total. The minimum Gasteiger partial charge on any atom is -0.373 e. The molecule has 82 valence electrons. The van der Waals surface area contributed by atoms with Gasteiger partial charge in [-0.2, -0.15) is 0 Å². The summed E-state index contributed by atoms with van der Waals surface area (Å²) in [6, 6.07) is 8.59. The Kier molecular flexibility index (Phi) is 3.91. The van der Waals surface area contributed by atoms with E-state index >= 15 is 0 Å². The van der Waals surface area contributed by atoms with Gasteiger partial charge in [-0.25, -0.2) is 0 Å². The van der Waals surface area contributed by atoms with Crippen molar-refractivity contribution in [3.8, 4) is 0 Å². The molecule has 1 fully saturated rings. The molecule has 0 spiro atoms. The second-order valence-corrected chi connectivity index (χ2v) is 5.58. The topological polar surface area (TPSA) is 9.23 Å². The van der Waals surface area contributed by atoms with E-state index in [2.05, 4.69) is 46.9 Å². The van der Waals surface area contributed by atoms with Crippen LogP contribution in [0.4, 0.5) is 0 Å². The summed E-state index contributed by atoms with van der Waals surface area (Å²) >= 11 is 8.34. The van der Waals surface area contributed by atoms with E-state index in [0.29, 0.717) is 5.88 Å². The molecule has 2 rings (SSSR count). The Bertz CT molecular complexity index is 317. The van der Waals surface area contributed by atoms with Gasteiger partial charge in [-0.05, 0) is 53.1 Å². The van der Waals surface area contributed by atoms with E-state index < -0.39 is 0 Å². The van der Waals surface area contributed by atoms with Crippen molar-refractivity contribution in [1.82, 2.24) is 0 Å². The maximum Gasteiger partial charge on any atom is 0.0858 e. The highest BCUT2D eigenvalue weighted by Gasteiger charge is 2.34. The standard InChI is InChI=1S/C12H14ClIO/c13-9-12(6-1-7-15-12)8-10-2-4-11(14)5-3-10/h2-5H,1,6-9H2. The molecule has 1 aliphatic heterocycles. The number of rotatable bonds is 3. The maximum absolute atomic E-state index is 6.02. The maximum atomic E-state index is 6.02. The van der Waals surface area contributed by atoms with Gasteiger partial charge in [0.2, 0.25) is 0 Å². The average molecular weight is 337 g/mol. The van der Waals surface area contributed by atoms with Crippen LogP contribution in [0, 0.1) is 3.57 Å². The second kappa shape index (κ2) is 5.02.